The molecule has 0 unspecified atom stereocenters. The van der Waals surface area contributed by atoms with Crippen LogP contribution in [0, 0.1) is 6.92 Å². The Kier molecular flexibility index (Phi) is 5.80. The van der Waals surface area contributed by atoms with Gasteiger partial charge >= 0.3 is 0 Å². The molecular formula is C22H22N2O3S. The average Bonchev–Trinajstić information content (AvgIpc) is 2.70. The highest BCUT2D eigenvalue weighted by Gasteiger charge is 2.16. The number of amides is 1. The van der Waals surface area contributed by atoms with Crippen LogP contribution in [-0.4, -0.2) is 14.3 Å². The summed E-state index contributed by atoms with van der Waals surface area (Å²) in [4.78, 5) is 12.7. The number of nitrogens with one attached hydrogen (secondary N) is 2. The predicted molar refractivity (Wildman–Crippen MR) is 111 cm³/mol. The standard InChI is InChI=1S/C22H22N2O3S/c1-16-15-19(22(25)23-17(2)18-9-5-3-6-10-18)13-14-21(16)24-28(26,27)20-11-7-4-8-12-20/h3-15,17,24H,1-2H3,(H,23,25)/t17-/m1/s1. The molecule has 3 rings (SSSR count). The molecule has 0 radical (unpaired) electrons. The van der Waals surface area contributed by atoms with Gasteiger partial charge in [-0.25, -0.2) is 8.42 Å². The Balaban J connectivity index is 1.74. The summed E-state index contributed by atoms with van der Waals surface area (Å²) in [5, 5.41) is 2.96. The summed E-state index contributed by atoms with van der Waals surface area (Å²) >= 11 is 0. The Hall–Kier alpha value is -3.12. The maximum absolute atomic E-state index is 12.5. The summed E-state index contributed by atoms with van der Waals surface area (Å²) in [5.41, 5.74) is 2.60. The number of rotatable bonds is 6. The fourth-order valence-electron chi connectivity index (χ4n) is 2.83. The molecule has 3 aromatic rings. The van der Waals surface area contributed by atoms with Crippen molar-refractivity contribution in [1.29, 1.82) is 0 Å². The quantitative estimate of drug-likeness (QED) is 0.655. The third-order valence-electron chi connectivity index (χ3n) is 4.43. The summed E-state index contributed by atoms with van der Waals surface area (Å²) in [6.45, 7) is 3.68. The maximum Gasteiger partial charge on any atom is 0.261 e. The highest BCUT2D eigenvalue weighted by atomic mass is 32.2. The summed E-state index contributed by atoms with van der Waals surface area (Å²) in [6.07, 6.45) is 0. The Labute approximate surface area is 165 Å². The minimum atomic E-state index is -3.67. The smallest absolute Gasteiger partial charge is 0.261 e. The van der Waals surface area contributed by atoms with Crippen molar-refractivity contribution >= 4 is 21.6 Å². The number of hydrogen-bond donors (Lipinski definition) is 2. The fraction of sp³-hybridized carbons (Fsp3) is 0.136. The average molecular weight is 394 g/mol. The van der Waals surface area contributed by atoms with Crippen LogP contribution < -0.4 is 10.0 Å². The Morgan fingerprint density at radius 1 is 0.893 bits per heavy atom. The first-order valence-corrected chi connectivity index (χ1v) is 10.4. The summed E-state index contributed by atoms with van der Waals surface area (Å²) < 4.78 is 27.5. The molecule has 0 saturated heterocycles. The minimum Gasteiger partial charge on any atom is -0.346 e. The molecule has 5 nitrogen and oxygen atoms in total. The van der Waals surface area contributed by atoms with Gasteiger partial charge in [0.2, 0.25) is 0 Å². The monoisotopic (exact) mass is 394 g/mol. The zero-order valence-corrected chi connectivity index (χ0v) is 16.5. The molecule has 0 aliphatic rings. The third kappa shape index (κ3) is 4.58. The number of sulfonamides is 1. The van der Waals surface area contributed by atoms with Crippen LogP contribution in [0.15, 0.2) is 83.8 Å². The first-order chi connectivity index (χ1) is 13.4. The molecule has 1 amide bonds. The van der Waals surface area contributed by atoms with Crippen molar-refractivity contribution in [2.24, 2.45) is 0 Å². The van der Waals surface area contributed by atoms with Gasteiger partial charge < -0.3 is 5.32 Å². The van der Waals surface area contributed by atoms with Crippen LogP contribution in [0.5, 0.6) is 0 Å². The van der Waals surface area contributed by atoms with Crippen molar-refractivity contribution in [3.05, 3.63) is 95.6 Å². The van der Waals surface area contributed by atoms with Gasteiger partial charge in [-0.05, 0) is 55.3 Å². The fourth-order valence-corrected chi connectivity index (χ4v) is 3.98. The van der Waals surface area contributed by atoms with Gasteiger partial charge in [0.25, 0.3) is 15.9 Å². The van der Waals surface area contributed by atoms with E-state index >= 15 is 0 Å². The zero-order valence-electron chi connectivity index (χ0n) is 15.7. The normalized spacial score (nSPS) is 12.2. The summed E-state index contributed by atoms with van der Waals surface area (Å²) in [7, 11) is -3.67. The second-order valence-corrected chi connectivity index (χ2v) is 8.24. The molecular weight excluding hydrogens is 372 g/mol. The van der Waals surface area contributed by atoms with Gasteiger partial charge in [0.1, 0.15) is 0 Å². The van der Waals surface area contributed by atoms with Gasteiger partial charge in [-0.2, -0.15) is 0 Å². The molecule has 2 N–H and O–H groups in total. The highest BCUT2D eigenvalue weighted by Crippen LogP contribution is 2.21. The van der Waals surface area contributed by atoms with E-state index in [0.717, 1.165) is 5.56 Å². The van der Waals surface area contributed by atoms with Crippen molar-refractivity contribution < 1.29 is 13.2 Å². The Morgan fingerprint density at radius 3 is 2.11 bits per heavy atom. The van der Waals surface area contributed by atoms with Crippen LogP contribution in [0.3, 0.4) is 0 Å². The lowest BCUT2D eigenvalue weighted by Gasteiger charge is -2.15. The molecule has 6 heteroatoms. The first kappa shape index (κ1) is 19.6. The predicted octanol–water partition coefficient (Wildman–Crippen LogP) is 4.29. The van der Waals surface area contributed by atoms with Crippen LogP contribution in [0.25, 0.3) is 0 Å². The van der Waals surface area contributed by atoms with E-state index in [4.69, 9.17) is 0 Å². The van der Waals surface area contributed by atoms with Gasteiger partial charge in [-0.1, -0.05) is 48.5 Å². The third-order valence-corrected chi connectivity index (χ3v) is 5.82. The lowest BCUT2D eigenvalue weighted by atomic mass is 10.1. The zero-order chi connectivity index (χ0) is 20.1. The molecule has 0 aliphatic heterocycles. The molecule has 0 spiro atoms. The molecule has 144 valence electrons. The van der Waals surface area contributed by atoms with E-state index in [0.29, 0.717) is 16.8 Å². The van der Waals surface area contributed by atoms with Crippen molar-refractivity contribution in [1.82, 2.24) is 5.32 Å². The van der Waals surface area contributed by atoms with E-state index in [2.05, 4.69) is 10.0 Å². The van der Waals surface area contributed by atoms with Crippen LogP contribution in [-0.2, 0) is 10.0 Å². The van der Waals surface area contributed by atoms with Crippen molar-refractivity contribution in [2.75, 3.05) is 4.72 Å². The van der Waals surface area contributed by atoms with Crippen molar-refractivity contribution in [2.45, 2.75) is 24.8 Å². The van der Waals surface area contributed by atoms with Gasteiger partial charge in [-0.3, -0.25) is 9.52 Å². The van der Waals surface area contributed by atoms with Crippen molar-refractivity contribution in [3.63, 3.8) is 0 Å². The number of benzene rings is 3. The maximum atomic E-state index is 12.5. The SMILES string of the molecule is Cc1cc(C(=O)N[C@H](C)c2ccccc2)ccc1NS(=O)(=O)c1ccccc1. The van der Waals surface area contributed by atoms with E-state index in [-0.39, 0.29) is 16.8 Å². The second kappa shape index (κ2) is 8.27. The number of carbonyl (C=O) groups is 1. The lowest BCUT2D eigenvalue weighted by molar-refractivity contribution is 0.0940. The number of anilines is 1. The molecule has 3 aromatic carbocycles. The van der Waals surface area contributed by atoms with Gasteiger partial charge in [0.05, 0.1) is 16.6 Å². The molecule has 0 fully saturated rings. The topological polar surface area (TPSA) is 75.3 Å². The molecule has 0 aromatic heterocycles. The van der Waals surface area contributed by atoms with Crippen LogP contribution in [0.2, 0.25) is 0 Å². The van der Waals surface area contributed by atoms with Gasteiger partial charge in [-0.15, -0.1) is 0 Å². The first-order valence-electron chi connectivity index (χ1n) is 8.91. The van der Waals surface area contributed by atoms with Gasteiger partial charge in [0.15, 0.2) is 0 Å². The summed E-state index contributed by atoms with van der Waals surface area (Å²) in [6, 6.07) is 22.6. The van der Waals surface area contributed by atoms with Crippen LogP contribution in [0.1, 0.15) is 34.5 Å². The second-order valence-electron chi connectivity index (χ2n) is 6.55. The molecule has 0 aliphatic carbocycles. The number of hydrogen-bond acceptors (Lipinski definition) is 3. The number of aryl methyl sites for hydroxylation is 1. The minimum absolute atomic E-state index is 0.134. The Bertz CT molecular complexity index is 1070. The van der Waals surface area contributed by atoms with E-state index in [9.17, 15) is 13.2 Å². The molecule has 0 heterocycles. The van der Waals surface area contributed by atoms with E-state index in [1.54, 1.807) is 43.3 Å². The lowest BCUT2D eigenvalue weighted by Crippen LogP contribution is -2.26. The van der Waals surface area contributed by atoms with E-state index < -0.39 is 10.0 Å². The van der Waals surface area contributed by atoms with Crippen LogP contribution in [0.4, 0.5) is 5.69 Å². The van der Waals surface area contributed by atoms with E-state index in [1.807, 2.05) is 37.3 Å². The van der Waals surface area contributed by atoms with Crippen LogP contribution >= 0.6 is 0 Å². The van der Waals surface area contributed by atoms with Crippen molar-refractivity contribution in [3.8, 4) is 0 Å². The molecule has 1 atom stereocenters. The molecule has 0 bridgehead atoms. The largest absolute Gasteiger partial charge is 0.346 e. The highest BCUT2D eigenvalue weighted by molar-refractivity contribution is 7.92. The summed E-state index contributed by atoms with van der Waals surface area (Å²) in [5.74, 6) is -0.211. The Morgan fingerprint density at radius 2 is 1.50 bits per heavy atom. The van der Waals surface area contributed by atoms with Gasteiger partial charge in [0, 0.05) is 5.56 Å². The molecule has 0 saturated carbocycles. The number of carbonyl (C=O) groups excluding carboxylic acids is 1. The van der Waals surface area contributed by atoms with E-state index in [1.165, 1.54) is 12.1 Å². The molecule has 28 heavy (non-hydrogen) atoms.